The molecule has 0 aliphatic carbocycles. The largest absolute Gasteiger partial charge is 0.441 e. The van der Waals surface area contributed by atoms with E-state index in [9.17, 15) is 4.39 Å². The molecule has 4 heteroatoms. The molecule has 0 radical (unpaired) electrons. The number of rotatable bonds is 3. The van der Waals surface area contributed by atoms with Gasteiger partial charge in [0.2, 0.25) is 5.89 Å². The number of benzene rings is 1. The van der Waals surface area contributed by atoms with Gasteiger partial charge in [-0.1, -0.05) is 19.1 Å². The van der Waals surface area contributed by atoms with E-state index in [2.05, 4.69) is 4.98 Å². The van der Waals surface area contributed by atoms with Crippen molar-refractivity contribution >= 4 is 0 Å². The molecule has 3 nitrogen and oxygen atoms in total. The Morgan fingerprint density at radius 2 is 2.19 bits per heavy atom. The highest BCUT2D eigenvalue weighted by Crippen LogP contribution is 2.24. The topological polar surface area (TPSA) is 52.0 Å². The molecular weight excluding hydrogens is 207 g/mol. The van der Waals surface area contributed by atoms with Gasteiger partial charge in [-0.05, 0) is 12.1 Å². The molecule has 0 fully saturated rings. The summed E-state index contributed by atoms with van der Waals surface area (Å²) in [5.74, 6) is 0.735. The van der Waals surface area contributed by atoms with Crippen molar-refractivity contribution in [3.05, 3.63) is 42.0 Å². The Labute approximate surface area is 93.1 Å². The van der Waals surface area contributed by atoms with E-state index in [0.29, 0.717) is 23.8 Å². The van der Waals surface area contributed by atoms with Gasteiger partial charge in [0.1, 0.15) is 11.6 Å². The van der Waals surface area contributed by atoms with E-state index in [1.54, 1.807) is 24.4 Å². The van der Waals surface area contributed by atoms with Crippen LogP contribution in [-0.4, -0.2) is 11.5 Å². The quantitative estimate of drug-likeness (QED) is 0.864. The zero-order valence-electron chi connectivity index (χ0n) is 8.98. The standard InChI is InChI=1S/C12H13FN2O/c1-8(6-14)11-7-15-12(16-11)9-4-2-3-5-10(9)13/h2-5,7-8H,6,14H2,1H3. The van der Waals surface area contributed by atoms with Crippen LogP contribution in [0.3, 0.4) is 0 Å². The number of halogens is 1. The second-order valence-corrected chi connectivity index (χ2v) is 3.68. The summed E-state index contributed by atoms with van der Waals surface area (Å²) >= 11 is 0. The zero-order valence-corrected chi connectivity index (χ0v) is 8.98. The van der Waals surface area contributed by atoms with Crippen molar-refractivity contribution in [2.75, 3.05) is 6.54 Å². The molecule has 0 saturated carbocycles. The van der Waals surface area contributed by atoms with Crippen LogP contribution in [0.4, 0.5) is 4.39 Å². The van der Waals surface area contributed by atoms with Gasteiger partial charge in [0.15, 0.2) is 0 Å². The van der Waals surface area contributed by atoms with Crippen LogP contribution in [0.5, 0.6) is 0 Å². The molecule has 0 amide bonds. The Morgan fingerprint density at radius 1 is 1.44 bits per heavy atom. The lowest BCUT2D eigenvalue weighted by Gasteiger charge is -2.02. The van der Waals surface area contributed by atoms with E-state index in [4.69, 9.17) is 10.2 Å². The van der Waals surface area contributed by atoms with Gasteiger partial charge in [0.25, 0.3) is 0 Å². The summed E-state index contributed by atoms with van der Waals surface area (Å²) < 4.78 is 18.9. The van der Waals surface area contributed by atoms with Crippen LogP contribution in [0.2, 0.25) is 0 Å². The molecule has 1 unspecified atom stereocenters. The van der Waals surface area contributed by atoms with Crippen LogP contribution in [0.1, 0.15) is 18.6 Å². The molecule has 0 spiro atoms. The first-order chi connectivity index (χ1) is 7.72. The zero-order chi connectivity index (χ0) is 11.5. The molecular formula is C12H13FN2O. The van der Waals surface area contributed by atoms with Crippen LogP contribution >= 0.6 is 0 Å². The molecule has 16 heavy (non-hydrogen) atoms. The van der Waals surface area contributed by atoms with Crippen molar-refractivity contribution in [1.82, 2.24) is 4.98 Å². The fourth-order valence-electron chi connectivity index (χ4n) is 1.39. The summed E-state index contributed by atoms with van der Waals surface area (Å²) in [4.78, 5) is 4.05. The lowest BCUT2D eigenvalue weighted by Crippen LogP contribution is -2.07. The molecule has 0 bridgehead atoms. The highest BCUT2D eigenvalue weighted by molar-refractivity contribution is 5.53. The van der Waals surface area contributed by atoms with E-state index in [1.165, 1.54) is 6.07 Å². The fraction of sp³-hybridized carbons (Fsp3) is 0.250. The molecule has 0 aliphatic rings. The third-order valence-corrected chi connectivity index (χ3v) is 2.47. The Hall–Kier alpha value is -1.68. The van der Waals surface area contributed by atoms with Crippen LogP contribution in [0.25, 0.3) is 11.5 Å². The maximum absolute atomic E-state index is 13.4. The van der Waals surface area contributed by atoms with E-state index >= 15 is 0 Å². The molecule has 1 atom stereocenters. The first kappa shape index (κ1) is 10.8. The highest BCUT2D eigenvalue weighted by atomic mass is 19.1. The van der Waals surface area contributed by atoms with E-state index in [0.717, 1.165) is 0 Å². The average molecular weight is 220 g/mol. The summed E-state index contributed by atoms with van der Waals surface area (Å²) in [6, 6.07) is 6.39. The molecule has 0 saturated heterocycles. The SMILES string of the molecule is CC(CN)c1cnc(-c2ccccc2F)o1. The van der Waals surface area contributed by atoms with Gasteiger partial charge in [-0.2, -0.15) is 0 Å². The number of nitrogens with two attached hydrogens (primary N) is 1. The fourth-order valence-corrected chi connectivity index (χ4v) is 1.39. The molecule has 84 valence electrons. The summed E-state index contributed by atoms with van der Waals surface area (Å²) in [6.45, 7) is 2.41. The summed E-state index contributed by atoms with van der Waals surface area (Å²) in [6.07, 6.45) is 1.60. The molecule has 2 aromatic rings. The number of hydrogen-bond acceptors (Lipinski definition) is 3. The lowest BCUT2D eigenvalue weighted by atomic mass is 10.1. The number of aromatic nitrogens is 1. The van der Waals surface area contributed by atoms with Crippen LogP contribution in [-0.2, 0) is 0 Å². The van der Waals surface area contributed by atoms with E-state index in [1.807, 2.05) is 6.92 Å². The Kier molecular flexibility index (Phi) is 3.01. The normalized spacial score (nSPS) is 12.7. The van der Waals surface area contributed by atoms with Crippen molar-refractivity contribution < 1.29 is 8.81 Å². The first-order valence-corrected chi connectivity index (χ1v) is 5.13. The molecule has 0 aliphatic heterocycles. The van der Waals surface area contributed by atoms with Crippen molar-refractivity contribution in [2.24, 2.45) is 5.73 Å². The second kappa shape index (κ2) is 4.45. The van der Waals surface area contributed by atoms with Crippen LogP contribution in [0, 0.1) is 5.82 Å². The number of nitrogens with zero attached hydrogens (tertiary/aromatic N) is 1. The first-order valence-electron chi connectivity index (χ1n) is 5.13. The smallest absolute Gasteiger partial charge is 0.229 e. The van der Waals surface area contributed by atoms with Crippen LogP contribution in [0.15, 0.2) is 34.9 Å². The van der Waals surface area contributed by atoms with Gasteiger partial charge < -0.3 is 10.2 Å². The van der Waals surface area contributed by atoms with Crippen molar-refractivity contribution in [1.29, 1.82) is 0 Å². The van der Waals surface area contributed by atoms with Gasteiger partial charge in [-0.25, -0.2) is 9.37 Å². The van der Waals surface area contributed by atoms with E-state index < -0.39 is 0 Å². The van der Waals surface area contributed by atoms with Gasteiger partial charge in [0, 0.05) is 12.5 Å². The Morgan fingerprint density at radius 3 is 2.88 bits per heavy atom. The predicted molar refractivity (Wildman–Crippen MR) is 59.4 cm³/mol. The van der Waals surface area contributed by atoms with Gasteiger partial charge in [-0.15, -0.1) is 0 Å². The number of hydrogen-bond donors (Lipinski definition) is 1. The number of oxazole rings is 1. The molecule has 1 aromatic carbocycles. The third kappa shape index (κ3) is 1.97. The summed E-state index contributed by atoms with van der Waals surface area (Å²) in [5, 5.41) is 0. The average Bonchev–Trinajstić information content (AvgIpc) is 2.78. The Bertz CT molecular complexity index is 481. The van der Waals surface area contributed by atoms with E-state index in [-0.39, 0.29) is 11.7 Å². The molecule has 2 rings (SSSR count). The summed E-state index contributed by atoms with van der Waals surface area (Å²) in [7, 11) is 0. The van der Waals surface area contributed by atoms with Crippen molar-refractivity contribution in [3.8, 4) is 11.5 Å². The molecule has 1 heterocycles. The van der Waals surface area contributed by atoms with Crippen molar-refractivity contribution in [2.45, 2.75) is 12.8 Å². The predicted octanol–water partition coefficient (Wildman–Crippen LogP) is 2.54. The maximum atomic E-state index is 13.4. The minimum atomic E-state index is -0.337. The Balaban J connectivity index is 2.35. The molecule has 2 N–H and O–H groups in total. The van der Waals surface area contributed by atoms with Crippen molar-refractivity contribution in [3.63, 3.8) is 0 Å². The second-order valence-electron chi connectivity index (χ2n) is 3.68. The third-order valence-electron chi connectivity index (χ3n) is 2.47. The maximum Gasteiger partial charge on any atom is 0.229 e. The summed E-state index contributed by atoms with van der Waals surface area (Å²) in [5.41, 5.74) is 5.89. The van der Waals surface area contributed by atoms with Gasteiger partial charge >= 0.3 is 0 Å². The minimum Gasteiger partial charge on any atom is -0.441 e. The monoisotopic (exact) mass is 220 g/mol. The molecule has 1 aromatic heterocycles. The highest BCUT2D eigenvalue weighted by Gasteiger charge is 2.13. The van der Waals surface area contributed by atoms with Crippen LogP contribution < -0.4 is 5.73 Å². The van der Waals surface area contributed by atoms with Gasteiger partial charge in [-0.3, -0.25) is 0 Å². The van der Waals surface area contributed by atoms with Gasteiger partial charge in [0.05, 0.1) is 11.8 Å². The minimum absolute atomic E-state index is 0.0908. The lowest BCUT2D eigenvalue weighted by molar-refractivity contribution is 0.482.